The van der Waals surface area contributed by atoms with Crippen LogP contribution >= 0.6 is 11.6 Å². The molecule has 2 aromatic rings. The first-order valence-corrected chi connectivity index (χ1v) is 15.9. The number of hydrogen-bond donors (Lipinski definition) is 2. The number of allylic oxidation sites excluding steroid dienone is 3. The molecule has 1 aliphatic heterocycles. The number of carbonyl (C=O) groups excluding carboxylic acids is 2. The summed E-state index contributed by atoms with van der Waals surface area (Å²) in [6, 6.07) is 12.4. The van der Waals surface area contributed by atoms with Crippen LogP contribution in [0, 0.1) is 0 Å². The monoisotopic (exact) mass is 597 g/mol. The van der Waals surface area contributed by atoms with Crippen LogP contribution in [0.1, 0.15) is 66.1 Å². The van der Waals surface area contributed by atoms with Crippen LogP contribution in [-0.2, 0) is 19.7 Å². The minimum absolute atomic E-state index is 0.119. The van der Waals surface area contributed by atoms with Gasteiger partial charge in [-0.2, -0.15) is 0 Å². The Bertz CT molecular complexity index is 1440. The van der Waals surface area contributed by atoms with Crippen LogP contribution in [-0.4, -0.2) is 50.1 Å². The third-order valence-corrected chi connectivity index (χ3v) is 8.43. The number of halogens is 1. The van der Waals surface area contributed by atoms with Crippen molar-refractivity contribution in [1.29, 1.82) is 0 Å². The van der Waals surface area contributed by atoms with E-state index >= 15 is 0 Å². The van der Waals surface area contributed by atoms with E-state index in [1.165, 1.54) is 0 Å². The van der Waals surface area contributed by atoms with Gasteiger partial charge in [0.05, 0.1) is 24.8 Å². The van der Waals surface area contributed by atoms with Crippen LogP contribution in [0.15, 0.2) is 85.0 Å². The highest BCUT2D eigenvalue weighted by Crippen LogP contribution is 2.46. The lowest BCUT2D eigenvalue weighted by Gasteiger charge is -2.49. The van der Waals surface area contributed by atoms with E-state index < -0.39 is 40.0 Å². The fourth-order valence-electron chi connectivity index (χ4n) is 5.84. The Labute approximate surface area is 247 Å². The van der Waals surface area contributed by atoms with Gasteiger partial charge in [-0.05, 0) is 54.7 Å². The largest absolute Gasteiger partial charge is 0.326 e. The van der Waals surface area contributed by atoms with E-state index in [-0.39, 0.29) is 12.5 Å². The second kappa shape index (κ2) is 13.6. The van der Waals surface area contributed by atoms with Gasteiger partial charge in [-0.15, -0.1) is 0 Å². The number of benzene rings is 2. The van der Waals surface area contributed by atoms with E-state index in [4.69, 9.17) is 16.4 Å². The van der Waals surface area contributed by atoms with Crippen LogP contribution in [0.5, 0.6) is 0 Å². The molecule has 0 aromatic heterocycles. The summed E-state index contributed by atoms with van der Waals surface area (Å²) >= 11 is 6.22. The third kappa shape index (κ3) is 7.35. The molecular formula is C31H36ClN3O5S. The van der Waals surface area contributed by atoms with Crippen molar-refractivity contribution < 1.29 is 22.8 Å². The lowest BCUT2D eigenvalue weighted by Crippen LogP contribution is -2.59. The Morgan fingerprint density at radius 3 is 2.54 bits per heavy atom. The molecule has 1 fully saturated rings. The van der Waals surface area contributed by atoms with Gasteiger partial charge < -0.3 is 4.90 Å². The molecule has 2 aromatic carbocycles. The van der Waals surface area contributed by atoms with Crippen molar-refractivity contribution in [3.63, 3.8) is 0 Å². The zero-order valence-electron chi connectivity index (χ0n) is 23.3. The molecule has 0 bridgehead atoms. The zero-order chi connectivity index (χ0) is 29.6. The standard InChI is InChI=1S/C31H36ClN3O5S/c1-4-10-21(11-5-2)20-40-33-30(36)28-24-12-6-7-13-25(24)31(37)35(29(28)22-16-18-23(32)19-17-22)27-15-9-8-14-26(27)34-41(3,38)39/h4-7,10-13,16-19,26-29,34H,1,8-9,14-15,20H2,2-3H3,(H,33,36)/b11-5-,21-10+/t26-,27?,28+,29-/m0/s1. The Kier molecular flexibility index (Phi) is 10.2. The summed E-state index contributed by atoms with van der Waals surface area (Å²) in [6.45, 7) is 5.72. The van der Waals surface area contributed by atoms with Gasteiger partial charge >= 0.3 is 0 Å². The van der Waals surface area contributed by atoms with E-state index in [0.29, 0.717) is 34.6 Å². The van der Waals surface area contributed by atoms with E-state index in [0.717, 1.165) is 24.7 Å². The molecule has 0 saturated heterocycles. The predicted molar refractivity (Wildman–Crippen MR) is 161 cm³/mol. The second-order valence-electron chi connectivity index (χ2n) is 10.4. The van der Waals surface area contributed by atoms with Gasteiger partial charge in [0.25, 0.3) is 11.8 Å². The molecule has 4 atom stereocenters. The molecule has 0 spiro atoms. The van der Waals surface area contributed by atoms with Crippen molar-refractivity contribution in [3.8, 4) is 0 Å². The van der Waals surface area contributed by atoms with Crippen molar-refractivity contribution in [2.45, 2.75) is 56.7 Å². The SMILES string of the molecule is C=C/C=C(\C=C/C)CONC(=O)[C@@H]1c2ccccc2C(=O)N(C2CCCC[C@@H]2NS(C)(=O)=O)[C@H]1c1ccc(Cl)cc1. The van der Waals surface area contributed by atoms with Crippen LogP contribution in [0.25, 0.3) is 0 Å². The number of carbonyl (C=O) groups is 2. The van der Waals surface area contributed by atoms with Crippen molar-refractivity contribution in [2.75, 3.05) is 12.9 Å². The smallest absolute Gasteiger partial charge is 0.255 e. The first-order valence-electron chi connectivity index (χ1n) is 13.6. The van der Waals surface area contributed by atoms with Gasteiger partial charge in [0, 0.05) is 22.7 Å². The zero-order valence-corrected chi connectivity index (χ0v) is 24.8. The first-order chi connectivity index (χ1) is 19.6. The average Bonchev–Trinajstić information content (AvgIpc) is 2.93. The summed E-state index contributed by atoms with van der Waals surface area (Å²) in [5.41, 5.74) is 5.12. The Morgan fingerprint density at radius 2 is 1.85 bits per heavy atom. The molecule has 0 radical (unpaired) electrons. The van der Waals surface area contributed by atoms with Crippen molar-refractivity contribution in [2.24, 2.45) is 0 Å². The molecule has 1 saturated carbocycles. The Balaban J connectivity index is 1.79. The summed E-state index contributed by atoms with van der Waals surface area (Å²) in [6.07, 6.45) is 11.1. The number of sulfonamides is 1. The van der Waals surface area contributed by atoms with Crippen molar-refractivity contribution in [3.05, 3.63) is 107 Å². The lowest BCUT2D eigenvalue weighted by atomic mass is 9.76. The summed E-state index contributed by atoms with van der Waals surface area (Å²) in [7, 11) is -3.54. The molecule has 2 amide bonds. The molecule has 2 aliphatic rings. The maximum Gasteiger partial charge on any atom is 0.255 e. The molecular weight excluding hydrogens is 562 g/mol. The van der Waals surface area contributed by atoms with Crippen molar-refractivity contribution >= 4 is 33.4 Å². The lowest BCUT2D eigenvalue weighted by molar-refractivity contribution is -0.136. The topological polar surface area (TPSA) is 105 Å². The Morgan fingerprint density at radius 1 is 1.15 bits per heavy atom. The molecule has 1 aliphatic carbocycles. The number of fused-ring (bicyclic) bond motifs is 1. The molecule has 1 heterocycles. The van der Waals surface area contributed by atoms with E-state index in [1.807, 2.05) is 19.1 Å². The molecule has 218 valence electrons. The maximum atomic E-state index is 14.2. The van der Waals surface area contributed by atoms with Crippen LogP contribution < -0.4 is 10.2 Å². The Hall–Kier alpha value is -3.24. The van der Waals surface area contributed by atoms with Gasteiger partial charge in [-0.1, -0.05) is 85.7 Å². The number of hydrogen-bond acceptors (Lipinski definition) is 5. The summed E-state index contributed by atoms with van der Waals surface area (Å²) in [5, 5.41) is 0.520. The first kappa shape index (κ1) is 30.7. The summed E-state index contributed by atoms with van der Waals surface area (Å²) < 4.78 is 27.4. The molecule has 41 heavy (non-hydrogen) atoms. The minimum atomic E-state index is -3.54. The van der Waals surface area contributed by atoms with Gasteiger partial charge in [0.1, 0.15) is 0 Å². The highest BCUT2D eigenvalue weighted by atomic mass is 35.5. The van der Waals surface area contributed by atoms with E-state index in [1.54, 1.807) is 65.6 Å². The molecule has 4 rings (SSSR count). The number of nitrogens with zero attached hydrogens (tertiary/aromatic N) is 1. The normalized spacial score (nSPS) is 23.3. The van der Waals surface area contributed by atoms with Crippen molar-refractivity contribution in [1.82, 2.24) is 15.1 Å². The molecule has 2 N–H and O–H groups in total. The fraction of sp³-hybridized carbons (Fsp3) is 0.355. The van der Waals surface area contributed by atoms with E-state index in [2.05, 4.69) is 16.8 Å². The molecule has 8 nitrogen and oxygen atoms in total. The number of nitrogens with one attached hydrogen (secondary N) is 2. The van der Waals surface area contributed by atoms with Gasteiger partial charge in [0.2, 0.25) is 10.0 Å². The quantitative estimate of drug-likeness (QED) is 0.289. The van der Waals surface area contributed by atoms with Crippen LogP contribution in [0.4, 0.5) is 0 Å². The minimum Gasteiger partial charge on any atom is -0.326 e. The fourth-order valence-corrected chi connectivity index (χ4v) is 6.79. The van der Waals surface area contributed by atoms with Gasteiger partial charge in [-0.25, -0.2) is 18.6 Å². The summed E-state index contributed by atoms with van der Waals surface area (Å²) in [4.78, 5) is 35.6. The number of amides is 2. The highest BCUT2D eigenvalue weighted by molar-refractivity contribution is 7.88. The highest BCUT2D eigenvalue weighted by Gasteiger charge is 2.49. The van der Waals surface area contributed by atoms with Gasteiger partial charge in [-0.3, -0.25) is 14.4 Å². The molecule has 1 unspecified atom stereocenters. The number of rotatable bonds is 10. The van der Waals surface area contributed by atoms with Gasteiger partial charge in [0.15, 0.2) is 0 Å². The van der Waals surface area contributed by atoms with E-state index in [9.17, 15) is 18.0 Å². The number of hydroxylamine groups is 1. The third-order valence-electron chi connectivity index (χ3n) is 7.45. The average molecular weight is 598 g/mol. The van der Waals surface area contributed by atoms with Crippen LogP contribution in [0.3, 0.4) is 0 Å². The predicted octanol–water partition coefficient (Wildman–Crippen LogP) is 5.22. The maximum absolute atomic E-state index is 14.2. The van der Waals surface area contributed by atoms with Crippen LogP contribution in [0.2, 0.25) is 5.02 Å². The second-order valence-corrected chi connectivity index (χ2v) is 12.6. The summed E-state index contributed by atoms with van der Waals surface area (Å²) in [5.74, 6) is -1.50. The molecule has 10 heteroatoms.